The van der Waals surface area contributed by atoms with Crippen LogP contribution in [0.4, 0.5) is 0 Å². The van der Waals surface area contributed by atoms with E-state index in [0.29, 0.717) is 25.1 Å². The molecule has 2 atom stereocenters. The molecule has 3 rings (SSSR count). The van der Waals surface area contributed by atoms with Crippen LogP contribution in [-0.2, 0) is 21.1 Å². The van der Waals surface area contributed by atoms with Crippen molar-refractivity contribution >= 4 is 15.8 Å². The van der Waals surface area contributed by atoms with Gasteiger partial charge in [0.2, 0.25) is 0 Å². The Morgan fingerprint density at radius 1 is 1.20 bits per heavy atom. The quantitative estimate of drug-likeness (QED) is 0.379. The Morgan fingerprint density at radius 2 is 2.00 bits per heavy atom. The minimum absolute atomic E-state index is 0.0659. The zero-order valence-corrected chi connectivity index (χ0v) is 19.1. The third kappa shape index (κ3) is 6.96. The number of fused-ring (bicyclic) bond motifs is 1. The molecule has 7 nitrogen and oxygen atoms in total. The summed E-state index contributed by atoms with van der Waals surface area (Å²) < 4.78 is 27.7. The first-order valence-electron chi connectivity index (χ1n) is 11.0. The normalized spacial score (nSPS) is 23.3. The minimum Gasteiger partial charge on any atom is -0.379 e. The maximum absolute atomic E-state index is 11.1. The van der Waals surface area contributed by atoms with Crippen LogP contribution in [0.5, 0.6) is 0 Å². The van der Waals surface area contributed by atoms with E-state index in [1.54, 1.807) is 0 Å². The first-order chi connectivity index (χ1) is 14.5. The van der Waals surface area contributed by atoms with Crippen LogP contribution in [0, 0.1) is 5.92 Å². The summed E-state index contributed by atoms with van der Waals surface area (Å²) in [6.07, 6.45) is 4.91. The molecule has 1 aromatic carbocycles. The highest BCUT2D eigenvalue weighted by Gasteiger charge is 2.36. The molecule has 1 N–H and O–H groups in total. The summed E-state index contributed by atoms with van der Waals surface area (Å²) in [4.78, 5) is 9.50. The standard InChI is InChI=1S/C22H36N4O3S/c1-23-22(24-11-14-29-15-16-30(2,27)28)26-13-10-21-20(18-26)9-6-12-25(21)17-19-7-4-3-5-8-19/h3-5,7-8,20-21H,6,9-18H2,1-2H3,(H,23,24). The predicted octanol–water partition coefficient (Wildman–Crippen LogP) is 1.61. The van der Waals surface area contributed by atoms with Crippen LogP contribution in [0.3, 0.4) is 0 Å². The lowest BCUT2D eigenvalue weighted by Crippen LogP contribution is -2.56. The molecule has 1 aromatic rings. The van der Waals surface area contributed by atoms with Crippen LogP contribution >= 0.6 is 0 Å². The third-order valence-electron chi connectivity index (χ3n) is 6.05. The van der Waals surface area contributed by atoms with Gasteiger partial charge in [-0.15, -0.1) is 0 Å². The van der Waals surface area contributed by atoms with Gasteiger partial charge >= 0.3 is 0 Å². The van der Waals surface area contributed by atoms with Crippen LogP contribution in [-0.4, -0.2) is 88.7 Å². The highest BCUT2D eigenvalue weighted by atomic mass is 32.2. The fourth-order valence-corrected chi connectivity index (χ4v) is 5.01. The van der Waals surface area contributed by atoms with Crippen LogP contribution in [0.25, 0.3) is 0 Å². The van der Waals surface area contributed by atoms with Crippen molar-refractivity contribution in [3.8, 4) is 0 Å². The molecular weight excluding hydrogens is 400 g/mol. The van der Waals surface area contributed by atoms with Gasteiger partial charge in [-0.2, -0.15) is 0 Å². The summed E-state index contributed by atoms with van der Waals surface area (Å²) in [6.45, 7) is 5.60. The summed E-state index contributed by atoms with van der Waals surface area (Å²) in [7, 11) is -1.15. The molecule has 8 heteroatoms. The molecule has 0 saturated carbocycles. The average Bonchev–Trinajstić information content (AvgIpc) is 2.73. The maximum Gasteiger partial charge on any atom is 0.193 e. The number of likely N-dealkylation sites (tertiary alicyclic amines) is 2. The van der Waals surface area contributed by atoms with Gasteiger partial charge in [0.05, 0.1) is 19.0 Å². The second kappa shape index (κ2) is 11.1. The second-order valence-electron chi connectivity index (χ2n) is 8.38. The van der Waals surface area contributed by atoms with Crippen molar-refractivity contribution in [2.75, 3.05) is 58.4 Å². The van der Waals surface area contributed by atoms with Crippen LogP contribution in [0.15, 0.2) is 35.3 Å². The number of hydrogen-bond donors (Lipinski definition) is 1. The number of aliphatic imine (C=N–C) groups is 1. The Bertz CT molecular complexity index is 785. The van der Waals surface area contributed by atoms with Crippen LogP contribution in [0.2, 0.25) is 0 Å². The number of nitrogens with one attached hydrogen (secondary N) is 1. The molecule has 2 unspecified atom stereocenters. The predicted molar refractivity (Wildman–Crippen MR) is 121 cm³/mol. The summed E-state index contributed by atoms with van der Waals surface area (Å²) in [5.41, 5.74) is 1.40. The first kappa shape index (κ1) is 23.0. The third-order valence-corrected chi connectivity index (χ3v) is 6.96. The second-order valence-corrected chi connectivity index (χ2v) is 10.6. The highest BCUT2D eigenvalue weighted by molar-refractivity contribution is 7.90. The van der Waals surface area contributed by atoms with E-state index in [4.69, 9.17) is 4.74 Å². The summed E-state index contributed by atoms with van der Waals surface area (Å²) in [6, 6.07) is 11.4. The number of rotatable bonds is 8. The fraction of sp³-hybridized carbons (Fsp3) is 0.682. The van der Waals surface area contributed by atoms with Crippen molar-refractivity contribution in [3.05, 3.63) is 35.9 Å². The van der Waals surface area contributed by atoms with Gasteiger partial charge < -0.3 is 15.0 Å². The Morgan fingerprint density at radius 3 is 2.73 bits per heavy atom. The van der Waals surface area contributed by atoms with Gasteiger partial charge in [-0.1, -0.05) is 30.3 Å². The van der Waals surface area contributed by atoms with Crippen molar-refractivity contribution in [1.29, 1.82) is 0 Å². The van der Waals surface area contributed by atoms with Gasteiger partial charge in [0.1, 0.15) is 9.84 Å². The SMILES string of the molecule is CN=C(NCCOCCS(C)(=O)=O)N1CCC2C(CCCN2Cc2ccccc2)C1. The molecule has 2 fully saturated rings. The molecular formula is C22H36N4O3S. The van der Waals surface area contributed by atoms with E-state index in [1.807, 2.05) is 7.05 Å². The van der Waals surface area contributed by atoms with Crippen molar-refractivity contribution in [2.24, 2.45) is 10.9 Å². The largest absolute Gasteiger partial charge is 0.379 e. The monoisotopic (exact) mass is 436 g/mol. The summed E-state index contributed by atoms with van der Waals surface area (Å²) in [5.74, 6) is 1.65. The molecule has 0 bridgehead atoms. The van der Waals surface area contributed by atoms with Crippen LogP contribution in [0.1, 0.15) is 24.8 Å². The minimum atomic E-state index is -2.97. The molecule has 30 heavy (non-hydrogen) atoms. The van der Waals surface area contributed by atoms with E-state index in [-0.39, 0.29) is 12.4 Å². The van der Waals surface area contributed by atoms with E-state index in [9.17, 15) is 8.42 Å². The molecule has 0 spiro atoms. The number of hydrogen-bond acceptors (Lipinski definition) is 5. The van der Waals surface area contributed by atoms with Gasteiger partial charge in [-0.3, -0.25) is 9.89 Å². The molecule has 0 aliphatic carbocycles. The molecule has 0 radical (unpaired) electrons. The Hall–Kier alpha value is -1.64. The highest BCUT2D eigenvalue weighted by Crippen LogP contribution is 2.31. The van der Waals surface area contributed by atoms with Gasteiger partial charge in [-0.05, 0) is 37.3 Å². The lowest BCUT2D eigenvalue weighted by molar-refractivity contribution is 0.0371. The molecule has 0 amide bonds. The number of benzene rings is 1. The van der Waals surface area contributed by atoms with E-state index < -0.39 is 9.84 Å². The smallest absolute Gasteiger partial charge is 0.193 e. The number of ether oxygens (including phenoxy) is 1. The summed E-state index contributed by atoms with van der Waals surface area (Å²) in [5, 5.41) is 3.37. The Kier molecular flexibility index (Phi) is 8.53. The number of sulfone groups is 1. The van der Waals surface area contributed by atoms with Crippen molar-refractivity contribution in [2.45, 2.75) is 31.8 Å². The van der Waals surface area contributed by atoms with Crippen molar-refractivity contribution < 1.29 is 13.2 Å². The molecule has 168 valence electrons. The Labute approximate surface area is 181 Å². The topological polar surface area (TPSA) is 74.2 Å². The van der Waals surface area contributed by atoms with Gasteiger partial charge in [-0.25, -0.2) is 8.42 Å². The number of nitrogens with zero attached hydrogens (tertiary/aromatic N) is 3. The molecule has 2 aliphatic heterocycles. The van der Waals surface area contributed by atoms with E-state index in [0.717, 1.165) is 32.0 Å². The average molecular weight is 437 g/mol. The fourth-order valence-electron chi connectivity index (χ4n) is 4.59. The number of guanidine groups is 1. The van der Waals surface area contributed by atoms with Crippen molar-refractivity contribution in [3.63, 3.8) is 0 Å². The maximum atomic E-state index is 11.1. The summed E-state index contributed by atoms with van der Waals surface area (Å²) >= 11 is 0. The Balaban J connectivity index is 1.45. The van der Waals surface area contributed by atoms with Gasteiger partial charge in [0.25, 0.3) is 0 Å². The molecule has 2 aliphatic rings. The van der Waals surface area contributed by atoms with Crippen LogP contribution < -0.4 is 5.32 Å². The van der Waals surface area contributed by atoms with Crippen molar-refractivity contribution in [1.82, 2.24) is 15.1 Å². The zero-order chi connectivity index (χ0) is 21.4. The molecule has 0 aromatic heterocycles. The van der Waals surface area contributed by atoms with E-state index in [1.165, 1.54) is 31.2 Å². The van der Waals surface area contributed by atoms with Gasteiger partial charge in [0, 0.05) is 45.5 Å². The van der Waals surface area contributed by atoms with Gasteiger partial charge in [0.15, 0.2) is 5.96 Å². The van der Waals surface area contributed by atoms with E-state index in [2.05, 4.69) is 50.4 Å². The lowest BCUT2D eigenvalue weighted by atomic mass is 9.83. The molecule has 2 saturated heterocycles. The van der Waals surface area contributed by atoms with E-state index >= 15 is 0 Å². The zero-order valence-electron chi connectivity index (χ0n) is 18.3. The first-order valence-corrected chi connectivity index (χ1v) is 13.0. The lowest BCUT2D eigenvalue weighted by Gasteiger charge is -2.48. The molecule has 2 heterocycles. The number of piperidine rings is 2.